The lowest BCUT2D eigenvalue weighted by Gasteiger charge is -2.23. The van der Waals surface area contributed by atoms with E-state index < -0.39 is 0 Å². The SMILES string of the molecule is [C-]#[N+]c1cnc(Nc2cc(-c3ccc(CN(C)C4CCOC4)cc3OC)[nH]n2)cn1. The maximum atomic E-state index is 6.93. The van der Waals surface area contributed by atoms with Gasteiger partial charge in [0.05, 0.1) is 25.6 Å². The Morgan fingerprint density at radius 1 is 1.30 bits per heavy atom. The third-order valence-electron chi connectivity index (χ3n) is 5.10. The Morgan fingerprint density at radius 2 is 2.20 bits per heavy atom. The van der Waals surface area contributed by atoms with Crippen molar-refractivity contribution in [3.05, 3.63) is 53.6 Å². The molecule has 1 atom stereocenters. The van der Waals surface area contributed by atoms with Gasteiger partial charge in [0.2, 0.25) is 0 Å². The molecule has 1 aliphatic heterocycles. The lowest BCUT2D eigenvalue weighted by Crippen LogP contribution is -2.31. The lowest BCUT2D eigenvalue weighted by atomic mass is 10.1. The molecule has 0 radical (unpaired) electrons. The van der Waals surface area contributed by atoms with Crippen LogP contribution in [0.3, 0.4) is 0 Å². The highest BCUT2D eigenvalue weighted by molar-refractivity contribution is 5.71. The van der Waals surface area contributed by atoms with Crippen molar-refractivity contribution in [2.45, 2.75) is 19.0 Å². The Morgan fingerprint density at radius 3 is 2.90 bits per heavy atom. The van der Waals surface area contributed by atoms with E-state index in [-0.39, 0.29) is 5.82 Å². The summed E-state index contributed by atoms with van der Waals surface area (Å²) in [6, 6.07) is 8.54. The van der Waals surface area contributed by atoms with Crippen LogP contribution >= 0.6 is 0 Å². The topological polar surface area (TPSA) is 92.6 Å². The van der Waals surface area contributed by atoms with Crippen molar-refractivity contribution in [2.24, 2.45) is 0 Å². The first kappa shape index (κ1) is 19.8. The molecule has 4 rings (SSSR count). The number of anilines is 2. The fraction of sp³-hybridized carbons (Fsp3) is 0.333. The average molecular weight is 405 g/mol. The van der Waals surface area contributed by atoms with Gasteiger partial charge in [-0.1, -0.05) is 12.6 Å². The minimum Gasteiger partial charge on any atom is -0.496 e. The minimum absolute atomic E-state index is 0.249. The van der Waals surface area contributed by atoms with Gasteiger partial charge in [-0.3, -0.25) is 10.00 Å². The summed E-state index contributed by atoms with van der Waals surface area (Å²) in [4.78, 5) is 13.7. The largest absolute Gasteiger partial charge is 0.496 e. The summed E-state index contributed by atoms with van der Waals surface area (Å²) < 4.78 is 11.1. The van der Waals surface area contributed by atoms with Crippen molar-refractivity contribution >= 4 is 17.5 Å². The van der Waals surface area contributed by atoms with Crippen LogP contribution in [0.4, 0.5) is 17.5 Å². The maximum Gasteiger partial charge on any atom is 0.288 e. The molecule has 2 N–H and O–H groups in total. The van der Waals surface area contributed by atoms with Gasteiger partial charge in [-0.25, -0.2) is 4.98 Å². The molecule has 0 saturated carbocycles. The summed E-state index contributed by atoms with van der Waals surface area (Å²) in [5.74, 6) is 2.14. The van der Waals surface area contributed by atoms with Crippen LogP contribution in [0, 0.1) is 6.57 Å². The molecule has 2 aromatic heterocycles. The van der Waals surface area contributed by atoms with Gasteiger partial charge in [0.25, 0.3) is 5.82 Å². The molecule has 3 heterocycles. The second kappa shape index (κ2) is 8.90. The lowest BCUT2D eigenvalue weighted by molar-refractivity contribution is 0.156. The van der Waals surface area contributed by atoms with Crippen LogP contribution in [-0.2, 0) is 11.3 Å². The molecule has 3 aromatic rings. The first-order chi connectivity index (χ1) is 14.7. The van der Waals surface area contributed by atoms with Crippen molar-refractivity contribution in [3.8, 4) is 17.0 Å². The normalized spacial score (nSPS) is 15.9. The van der Waals surface area contributed by atoms with Crippen LogP contribution < -0.4 is 10.1 Å². The number of aromatic nitrogens is 4. The molecule has 1 unspecified atom stereocenters. The summed E-state index contributed by atoms with van der Waals surface area (Å²) in [6.07, 6.45) is 3.99. The van der Waals surface area contributed by atoms with E-state index in [0.29, 0.717) is 17.7 Å². The molecule has 154 valence electrons. The molecule has 9 heteroatoms. The number of hydrogen-bond acceptors (Lipinski definition) is 7. The van der Waals surface area contributed by atoms with Crippen LogP contribution in [0.5, 0.6) is 5.75 Å². The number of likely N-dealkylation sites (N-methyl/N-ethyl adjacent to an activating group) is 1. The summed E-state index contributed by atoms with van der Waals surface area (Å²) >= 11 is 0. The molecule has 0 spiro atoms. The maximum absolute atomic E-state index is 6.93. The molecule has 1 aliphatic rings. The smallest absolute Gasteiger partial charge is 0.288 e. The van der Waals surface area contributed by atoms with Gasteiger partial charge in [-0.05, 0) is 31.2 Å². The number of nitrogens with one attached hydrogen (secondary N) is 2. The van der Waals surface area contributed by atoms with Crippen LogP contribution in [0.1, 0.15) is 12.0 Å². The van der Waals surface area contributed by atoms with Gasteiger partial charge in [-0.15, -0.1) is 4.98 Å². The van der Waals surface area contributed by atoms with Crippen LogP contribution in [0.25, 0.3) is 16.1 Å². The molecule has 1 saturated heterocycles. The van der Waals surface area contributed by atoms with Gasteiger partial charge in [0.15, 0.2) is 17.8 Å². The number of H-pyrrole nitrogens is 1. The first-order valence-electron chi connectivity index (χ1n) is 9.63. The molecule has 1 aromatic carbocycles. The Kier molecular flexibility index (Phi) is 5.88. The molecule has 30 heavy (non-hydrogen) atoms. The van der Waals surface area contributed by atoms with Crippen LogP contribution in [0.2, 0.25) is 0 Å². The zero-order valence-electron chi connectivity index (χ0n) is 16.9. The van der Waals surface area contributed by atoms with Crippen molar-refractivity contribution in [3.63, 3.8) is 0 Å². The third kappa shape index (κ3) is 4.40. The van der Waals surface area contributed by atoms with Crippen LogP contribution in [0.15, 0.2) is 36.7 Å². The molecular weight excluding hydrogens is 382 g/mol. The second-order valence-corrected chi connectivity index (χ2v) is 7.13. The number of hydrogen-bond donors (Lipinski definition) is 2. The molecule has 1 fully saturated rings. The van der Waals surface area contributed by atoms with E-state index in [4.69, 9.17) is 16.0 Å². The van der Waals surface area contributed by atoms with Gasteiger partial charge in [0, 0.05) is 30.8 Å². The summed E-state index contributed by atoms with van der Waals surface area (Å²) in [5.41, 5.74) is 2.92. The number of ether oxygens (including phenoxy) is 2. The fourth-order valence-corrected chi connectivity index (χ4v) is 3.44. The number of methoxy groups -OCH3 is 1. The molecule has 0 bridgehead atoms. The number of aromatic amines is 1. The summed E-state index contributed by atoms with van der Waals surface area (Å²) in [7, 11) is 3.79. The average Bonchev–Trinajstić information content (AvgIpc) is 3.47. The molecular formula is C21H23N7O2. The van der Waals surface area contributed by atoms with E-state index in [9.17, 15) is 0 Å². The predicted molar refractivity (Wildman–Crippen MR) is 113 cm³/mol. The first-order valence-corrected chi connectivity index (χ1v) is 9.63. The van der Waals surface area contributed by atoms with Crippen molar-refractivity contribution in [1.29, 1.82) is 0 Å². The van der Waals surface area contributed by atoms with Gasteiger partial charge < -0.3 is 19.6 Å². The third-order valence-corrected chi connectivity index (χ3v) is 5.10. The monoisotopic (exact) mass is 405 g/mol. The highest BCUT2D eigenvalue weighted by atomic mass is 16.5. The van der Waals surface area contributed by atoms with Crippen molar-refractivity contribution in [1.82, 2.24) is 25.1 Å². The zero-order chi connectivity index (χ0) is 20.9. The number of benzene rings is 1. The fourth-order valence-electron chi connectivity index (χ4n) is 3.44. The highest BCUT2D eigenvalue weighted by Gasteiger charge is 2.20. The Labute approximate surface area is 174 Å². The van der Waals surface area contributed by atoms with Gasteiger partial charge in [0.1, 0.15) is 5.75 Å². The number of nitrogens with zero attached hydrogens (tertiary/aromatic N) is 5. The van der Waals surface area contributed by atoms with Gasteiger partial charge in [-0.2, -0.15) is 5.10 Å². The zero-order valence-corrected chi connectivity index (χ0v) is 16.9. The highest BCUT2D eigenvalue weighted by Crippen LogP contribution is 2.32. The van der Waals surface area contributed by atoms with E-state index >= 15 is 0 Å². The van der Waals surface area contributed by atoms with E-state index in [1.807, 2.05) is 12.1 Å². The Balaban J connectivity index is 1.48. The summed E-state index contributed by atoms with van der Waals surface area (Å²) in [5, 5.41) is 10.4. The molecule has 0 aliphatic carbocycles. The Hall–Kier alpha value is -3.48. The van der Waals surface area contributed by atoms with E-state index in [1.165, 1.54) is 18.0 Å². The van der Waals surface area contributed by atoms with Crippen molar-refractivity contribution < 1.29 is 9.47 Å². The van der Waals surface area contributed by atoms with E-state index in [1.54, 1.807) is 7.11 Å². The molecule has 9 nitrogen and oxygen atoms in total. The second-order valence-electron chi connectivity index (χ2n) is 7.13. The number of rotatable bonds is 7. The van der Waals surface area contributed by atoms with Crippen molar-refractivity contribution in [2.75, 3.05) is 32.7 Å². The van der Waals surface area contributed by atoms with E-state index in [0.717, 1.165) is 43.2 Å². The Bertz CT molecular complexity index is 1040. The predicted octanol–water partition coefficient (Wildman–Crippen LogP) is 3.39. The summed E-state index contributed by atoms with van der Waals surface area (Å²) in [6.45, 7) is 9.39. The quantitative estimate of drug-likeness (QED) is 0.582. The minimum atomic E-state index is 0.249. The van der Waals surface area contributed by atoms with E-state index in [2.05, 4.69) is 54.4 Å². The standard InChI is InChI=1S/C21H23N7O2/c1-22-20-10-24-21(11-23-20)25-19-9-17(26-27-19)16-5-4-14(8-18(16)29-3)12-28(2)15-6-7-30-13-15/h4-5,8-11,15H,6-7,12-13H2,2-3H3,(H2,24,25,26,27). The molecule has 0 amide bonds. The van der Waals surface area contributed by atoms with Crippen LogP contribution in [-0.4, -0.2) is 58.5 Å². The van der Waals surface area contributed by atoms with Gasteiger partial charge >= 0.3 is 0 Å².